The molecule has 2 N–H and O–H groups in total. The van der Waals surface area contributed by atoms with Gasteiger partial charge in [-0.25, -0.2) is 4.98 Å². The summed E-state index contributed by atoms with van der Waals surface area (Å²) in [6, 6.07) is 6.16. The Hall–Kier alpha value is -1.29. The van der Waals surface area contributed by atoms with Crippen LogP contribution in [0.25, 0.3) is 0 Å². The second kappa shape index (κ2) is 6.33. The lowest BCUT2D eigenvalue weighted by Gasteiger charge is -2.22. The Morgan fingerprint density at radius 2 is 2.00 bits per heavy atom. The number of rotatable bonds is 6. The van der Waals surface area contributed by atoms with E-state index in [1.165, 1.54) is 0 Å². The molecule has 4 nitrogen and oxygen atoms in total. The van der Waals surface area contributed by atoms with Crippen LogP contribution in [0.3, 0.4) is 0 Å². The van der Waals surface area contributed by atoms with Crippen LogP contribution in [0.15, 0.2) is 18.2 Å². The monoisotopic (exact) mass is 223 g/mol. The maximum Gasteiger partial charge on any atom is 0.128 e. The zero-order chi connectivity index (χ0) is 12.0. The first-order chi connectivity index (χ1) is 7.67. The molecule has 90 valence electrons. The highest BCUT2D eigenvalue weighted by Gasteiger charge is 2.13. The largest absolute Gasteiger partial charge is 0.383 e. The van der Waals surface area contributed by atoms with Crippen LogP contribution in [0.4, 0.5) is 11.6 Å². The third-order valence-corrected chi connectivity index (χ3v) is 2.49. The van der Waals surface area contributed by atoms with Crippen LogP contribution in [-0.2, 0) is 4.74 Å². The fourth-order valence-electron chi connectivity index (χ4n) is 1.42. The van der Waals surface area contributed by atoms with Gasteiger partial charge < -0.3 is 15.4 Å². The zero-order valence-corrected chi connectivity index (χ0v) is 10.4. The van der Waals surface area contributed by atoms with Crippen molar-refractivity contribution in [3.8, 4) is 0 Å². The van der Waals surface area contributed by atoms with Crippen molar-refractivity contribution in [1.29, 1.82) is 0 Å². The van der Waals surface area contributed by atoms with Gasteiger partial charge in [0.25, 0.3) is 0 Å². The van der Waals surface area contributed by atoms with Crippen LogP contribution in [-0.4, -0.2) is 31.8 Å². The fraction of sp³-hybridized carbons (Fsp3) is 0.583. The number of pyridine rings is 1. The molecule has 0 aliphatic carbocycles. The molecule has 1 atom stereocenters. The predicted octanol–water partition coefficient (Wildman–Crippen LogP) is 2.21. The Morgan fingerprint density at radius 3 is 2.56 bits per heavy atom. The third kappa shape index (κ3) is 3.70. The minimum atomic E-state index is 0.282. The fourth-order valence-corrected chi connectivity index (χ4v) is 1.42. The van der Waals surface area contributed by atoms with Crippen LogP contribution in [0.1, 0.15) is 13.8 Å². The van der Waals surface area contributed by atoms with E-state index in [9.17, 15) is 0 Å². The molecule has 0 aromatic carbocycles. The summed E-state index contributed by atoms with van der Waals surface area (Å²) in [6.07, 6.45) is 0. The molecule has 0 fully saturated rings. The SMILES string of the molecule is CNc1cccc(NC(COC)C(C)C)n1. The predicted molar refractivity (Wildman–Crippen MR) is 67.9 cm³/mol. The van der Waals surface area contributed by atoms with Crippen LogP contribution in [0, 0.1) is 5.92 Å². The Bertz CT molecular complexity index is 315. The number of aromatic nitrogens is 1. The van der Waals surface area contributed by atoms with E-state index in [1.54, 1.807) is 7.11 Å². The molecular formula is C12H21N3O. The number of anilines is 2. The molecule has 0 aliphatic rings. The van der Waals surface area contributed by atoms with Gasteiger partial charge in [-0.15, -0.1) is 0 Å². The number of nitrogens with zero attached hydrogens (tertiary/aromatic N) is 1. The van der Waals surface area contributed by atoms with Gasteiger partial charge in [-0.1, -0.05) is 19.9 Å². The molecule has 1 unspecified atom stereocenters. The highest BCUT2D eigenvalue weighted by Crippen LogP contribution is 2.13. The average molecular weight is 223 g/mol. The Balaban J connectivity index is 2.68. The number of hydrogen-bond donors (Lipinski definition) is 2. The van der Waals surface area contributed by atoms with E-state index in [2.05, 4.69) is 29.5 Å². The van der Waals surface area contributed by atoms with E-state index in [4.69, 9.17) is 4.74 Å². The maximum absolute atomic E-state index is 5.19. The molecule has 0 radical (unpaired) electrons. The van der Waals surface area contributed by atoms with Crippen molar-refractivity contribution in [1.82, 2.24) is 4.98 Å². The topological polar surface area (TPSA) is 46.2 Å². The minimum absolute atomic E-state index is 0.282. The summed E-state index contributed by atoms with van der Waals surface area (Å²) in [7, 11) is 3.58. The van der Waals surface area contributed by atoms with Crippen LogP contribution in [0.5, 0.6) is 0 Å². The summed E-state index contributed by atoms with van der Waals surface area (Å²) in [5.74, 6) is 2.24. The van der Waals surface area contributed by atoms with Crippen molar-refractivity contribution in [2.45, 2.75) is 19.9 Å². The number of hydrogen-bond acceptors (Lipinski definition) is 4. The van der Waals surface area contributed by atoms with Crippen molar-refractivity contribution in [3.63, 3.8) is 0 Å². The standard InChI is InChI=1S/C12H21N3O/c1-9(2)10(8-16-4)14-12-7-5-6-11(13-3)15-12/h5-7,9-10H,8H2,1-4H3,(H2,13,14,15). The van der Waals surface area contributed by atoms with Gasteiger partial charge >= 0.3 is 0 Å². The summed E-state index contributed by atoms with van der Waals surface area (Å²) in [5, 5.41) is 6.40. The van der Waals surface area contributed by atoms with Crippen molar-refractivity contribution in [2.75, 3.05) is 31.4 Å². The first kappa shape index (κ1) is 12.8. The second-order valence-corrected chi connectivity index (χ2v) is 4.11. The summed E-state index contributed by atoms with van der Waals surface area (Å²) in [5.41, 5.74) is 0. The Kier molecular flexibility index (Phi) is 5.05. The quantitative estimate of drug-likeness (QED) is 0.776. The number of methoxy groups -OCH3 is 1. The molecular weight excluding hydrogens is 202 g/mol. The summed E-state index contributed by atoms with van der Waals surface area (Å²) in [4.78, 5) is 4.42. The maximum atomic E-state index is 5.19. The molecule has 0 saturated heterocycles. The van der Waals surface area contributed by atoms with E-state index < -0.39 is 0 Å². The van der Waals surface area contributed by atoms with Crippen LogP contribution < -0.4 is 10.6 Å². The third-order valence-electron chi connectivity index (χ3n) is 2.49. The molecule has 0 aliphatic heterocycles. The van der Waals surface area contributed by atoms with E-state index in [0.29, 0.717) is 12.5 Å². The van der Waals surface area contributed by atoms with Crippen molar-refractivity contribution >= 4 is 11.6 Å². The van der Waals surface area contributed by atoms with E-state index >= 15 is 0 Å². The van der Waals surface area contributed by atoms with Gasteiger partial charge in [0.05, 0.1) is 12.6 Å². The lowest BCUT2D eigenvalue weighted by atomic mass is 10.1. The smallest absolute Gasteiger partial charge is 0.128 e. The van der Waals surface area contributed by atoms with E-state index in [1.807, 2.05) is 25.2 Å². The van der Waals surface area contributed by atoms with E-state index in [-0.39, 0.29) is 6.04 Å². The minimum Gasteiger partial charge on any atom is -0.383 e. The molecule has 4 heteroatoms. The lowest BCUT2D eigenvalue weighted by Crippen LogP contribution is -2.30. The van der Waals surface area contributed by atoms with Crippen LogP contribution >= 0.6 is 0 Å². The summed E-state index contributed by atoms with van der Waals surface area (Å²) >= 11 is 0. The Labute approximate surface area is 97.4 Å². The van der Waals surface area contributed by atoms with E-state index in [0.717, 1.165) is 11.6 Å². The zero-order valence-electron chi connectivity index (χ0n) is 10.4. The van der Waals surface area contributed by atoms with Gasteiger partial charge in [0.2, 0.25) is 0 Å². The normalized spacial score (nSPS) is 12.6. The van der Waals surface area contributed by atoms with Gasteiger partial charge in [-0.2, -0.15) is 0 Å². The van der Waals surface area contributed by atoms with Gasteiger partial charge in [0.15, 0.2) is 0 Å². The molecule has 0 spiro atoms. The van der Waals surface area contributed by atoms with Crippen LogP contribution in [0.2, 0.25) is 0 Å². The number of nitrogens with one attached hydrogen (secondary N) is 2. The van der Waals surface area contributed by atoms with Crippen molar-refractivity contribution < 1.29 is 4.74 Å². The molecule has 0 bridgehead atoms. The average Bonchev–Trinajstić information content (AvgIpc) is 2.28. The van der Waals surface area contributed by atoms with Crippen molar-refractivity contribution in [2.24, 2.45) is 5.92 Å². The molecule has 1 aromatic rings. The van der Waals surface area contributed by atoms with Gasteiger partial charge in [0.1, 0.15) is 11.6 Å². The first-order valence-corrected chi connectivity index (χ1v) is 5.57. The molecule has 1 heterocycles. The van der Waals surface area contributed by atoms with Crippen molar-refractivity contribution in [3.05, 3.63) is 18.2 Å². The lowest BCUT2D eigenvalue weighted by molar-refractivity contribution is 0.171. The van der Waals surface area contributed by atoms with Gasteiger partial charge in [-0.3, -0.25) is 0 Å². The Morgan fingerprint density at radius 1 is 1.31 bits per heavy atom. The summed E-state index contributed by atoms with van der Waals surface area (Å²) in [6.45, 7) is 5.01. The van der Waals surface area contributed by atoms with Gasteiger partial charge in [0, 0.05) is 14.2 Å². The molecule has 0 amide bonds. The summed E-state index contributed by atoms with van der Waals surface area (Å²) < 4.78 is 5.19. The molecule has 16 heavy (non-hydrogen) atoms. The van der Waals surface area contributed by atoms with Gasteiger partial charge in [-0.05, 0) is 18.1 Å². The highest BCUT2D eigenvalue weighted by atomic mass is 16.5. The highest BCUT2D eigenvalue weighted by molar-refractivity contribution is 5.45. The molecule has 1 aromatic heterocycles. The second-order valence-electron chi connectivity index (χ2n) is 4.11. The molecule has 0 saturated carbocycles. The molecule has 1 rings (SSSR count). The first-order valence-electron chi connectivity index (χ1n) is 5.57. The number of ether oxygens (including phenoxy) is 1.